The summed E-state index contributed by atoms with van der Waals surface area (Å²) in [6, 6.07) is -4.86. The highest BCUT2D eigenvalue weighted by atomic mass is 16.8. The molecule has 7 aliphatic heterocycles. The molecule has 7 saturated heterocycles. The van der Waals surface area contributed by atoms with Crippen LogP contribution in [-0.2, 0) is 80.7 Å². The first-order valence-electron chi connectivity index (χ1n) is 46.3. The summed E-state index contributed by atoms with van der Waals surface area (Å²) in [5.74, 6) is -2.16. The molecule has 0 bridgehead atoms. The number of carbonyl (C=O) groups is 3. The molecule has 3 amide bonds. The Kier molecular flexibility index (Phi) is 50.7. The fourth-order valence-electron chi connectivity index (χ4n) is 17.2. The van der Waals surface area contributed by atoms with Crippen molar-refractivity contribution >= 4 is 17.7 Å². The fraction of sp³-hybridized carbons (Fsp3) is 0.942. The highest BCUT2D eigenvalue weighted by Crippen LogP contribution is 2.39. The van der Waals surface area contributed by atoms with E-state index in [2.05, 4.69) is 29.8 Å². The van der Waals surface area contributed by atoms with E-state index in [0.29, 0.717) is 12.8 Å². The number of unbranched alkanes of at least 4 members (excludes halogenated alkanes) is 29. The van der Waals surface area contributed by atoms with Crippen LogP contribution in [0, 0.1) is 0 Å². The predicted molar refractivity (Wildman–Crippen MR) is 443 cm³/mol. The van der Waals surface area contributed by atoms with Crippen molar-refractivity contribution in [2.24, 2.45) is 0 Å². The molecule has 0 radical (unpaired) electrons. The molecule has 40 heteroatoms. The number of aliphatic hydroxyl groups is 20. The maximum absolute atomic E-state index is 13.6. The van der Waals surface area contributed by atoms with Gasteiger partial charge in [0.1, 0.15) is 165 Å². The van der Waals surface area contributed by atoms with Crippen LogP contribution in [0.2, 0.25) is 0 Å². The number of aliphatic hydroxyl groups excluding tert-OH is 20. The van der Waals surface area contributed by atoms with E-state index in [4.69, 9.17) is 66.3 Å². The van der Waals surface area contributed by atoms with Crippen molar-refractivity contribution in [2.45, 2.75) is 467 Å². The van der Waals surface area contributed by atoms with Crippen molar-refractivity contribution in [3.63, 3.8) is 0 Å². The van der Waals surface area contributed by atoms with E-state index >= 15 is 0 Å². The van der Waals surface area contributed by atoms with Crippen LogP contribution >= 0.6 is 0 Å². The van der Waals surface area contributed by atoms with Gasteiger partial charge in [-0.05, 0) is 26.2 Å². The van der Waals surface area contributed by atoms with Crippen LogP contribution in [0.4, 0.5) is 0 Å². The van der Waals surface area contributed by atoms with Crippen LogP contribution < -0.4 is 16.0 Å². The highest BCUT2D eigenvalue weighted by molar-refractivity contribution is 5.76. The molecule has 7 fully saturated rings. The molecular weight excluding hydrogens is 1670 g/mol. The Labute approximate surface area is 739 Å². The lowest BCUT2D eigenvalue weighted by atomic mass is 9.93. The van der Waals surface area contributed by atoms with Crippen LogP contribution in [0.1, 0.15) is 240 Å². The van der Waals surface area contributed by atoms with Gasteiger partial charge in [0.05, 0.1) is 64.5 Å². The Balaban J connectivity index is 0.996. The second-order valence-corrected chi connectivity index (χ2v) is 34.9. The van der Waals surface area contributed by atoms with Gasteiger partial charge in [0.25, 0.3) is 0 Å². The quantitative estimate of drug-likeness (QED) is 0.0231. The fourth-order valence-corrected chi connectivity index (χ4v) is 17.2. The Morgan fingerprint density at radius 1 is 0.325 bits per heavy atom. The van der Waals surface area contributed by atoms with Gasteiger partial charge in [-0.3, -0.25) is 14.4 Å². The third kappa shape index (κ3) is 32.8. The Hall–Kier alpha value is -3.21. The van der Waals surface area contributed by atoms with Crippen molar-refractivity contribution < 1.29 is 183 Å². The zero-order chi connectivity index (χ0) is 92.1. The van der Waals surface area contributed by atoms with Crippen molar-refractivity contribution in [3.8, 4) is 0 Å². The van der Waals surface area contributed by atoms with Crippen LogP contribution in [0.25, 0.3) is 0 Å². The normalized spacial score (nSPS) is 38.1. The van der Waals surface area contributed by atoms with Crippen LogP contribution in [0.3, 0.4) is 0 Å². The summed E-state index contributed by atoms with van der Waals surface area (Å²) in [5, 5.41) is 233. The molecule has 736 valence electrons. The first-order chi connectivity index (χ1) is 60.5. The molecule has 7 aliphatic rings. The van der Waals surface area contributed by atoms with Gasteiger partial charge in [-0.25, -0.2) is 0 Å². The summed E-state index contributed by atoms with van der Waals surface area (Å²) in [5.41, 5.74) is 0. The van der Waals surface area contributed by atoms with Gasteiger partial charge < -0.3 is 184 Å². The summed E-state index contributed by atoms with van der Waals surface area (Å²) >= 11 is 0. The molecule has 0 aliphatic carbocycles. The number of hydrogen-bond donors (Lipinski definition) is 23. The average molecular weight is 1820 g/mol. The zero-order valence-corrected chi connectivity index (χ0v) is 74.0. The van der Waals surface area contributed by atoms with Gasteiger partial charge in [-0.15, -0.1) is 0 Å². The van der Waals surface area contributed by atoms with Crippen molar-refractivity contribution in [3.05, 3.63) is 12.2 Å². The Morgan fingerprint density at radius 2 is 0.659 bits per heavy atom. The maximum atomic E-state index is 13.6. The number of nitrogens with one attached hydrogen (secondary N) is 3. The van der Waals surface area contributed by atoms with Gasteiger partial charge in [-0.1, -0.05) is 206 Å². The molecule has 40 nitrogen and oxygen atoms in total. The third-order valence-electron chi connectivity index (χ3n) is 24.8. The molecule has 7 heterocycles. The minimum absolute atomic E-state index is 0.162. The van der Waals surface area contributed by atoms with E-state index in [1.807, 2.05) is 6.08 Å². The number of allylic oxidation sites excluding steroid dienone is 1. The van der Waals surface area contributed by atoms with Gasteiger partial charge in [0.2, 0.25) is 17.7 Å². The minimum Gasteiger partial charge on any atom is -0.394 e. The van der Waals surface area contributed by atoms with E-state index in [9.17, 15) is 117 Å². The monoisotopic (exact) mass is 1820 g/mol. The maximum Gasteiger partial charge on any atom is 0.220 e. The van der Waals surface area contributed by atoms with E-state index < -0.39 is 285 Å². The van der Waals surface area contributed by atoms with Crippen molar-refractivity contribution in [2.75, 3.05) is 46.2 Å². The first-order valence-corrected chi connectivity index (χ1v) is 46.3. The molecule has 0 saturated carbocycles. The first kappa shape index (κ1) is 110. The molecule has 7 rings (SSSR count). The molecule has 0 aromatic heterocycles. The average Bonchev–Trinajstić information content (AvgIpc) is 0.754. The molecule has 0 aromatic carbocycles. The summed E-state index contributed by atoms with van der Waals surface area (Å²) < 4.78 is 83.5. The van der Waals surface area contributed by atoms with E-state index in [0.717, 1.165) is 65.2 Å². The predicted octanol–water partition coefficient (Wildman–Crippen LogP) is -2.01. The van der Waals surface area contributed by atoms with Crippen molar-refractivity contribution in [1.82, 2.24) is 16.0 Å². The standard InChI is InChI=1S/C86H155N3O37/c1-6-8-10-12-14-16-18-20-21-22-23-24-25-27-29-31-33-35-37-39-58(99)89-50(51(98)38-36-34-32-30-28-26-19-17-15-13-11-9-7-2)46-113-82-71(110)69(108)75(57(45-95)120-82)121-84-72(111)78(65(104)54(42-92)116-84)125-81-60(88-49(5)97)76(63(102)53(41-91)115-81)123-85-73(112)77(64(103)55(43-93)117-85)124-80-59(87-48(4)96)66(105)74(56(44-94)119-80)122-86-79(68(107)62(101)52(40-90)118-86)126-83-70(109)67(106)61(100)47(3)114-83/h36,38,47,50-57,59-86,90-95,98,100-112H,6-35,37,39-46H2,1-5H3,(H,87,96)(H,88,97)(H,89,99)/b38-36+/t47?,50-,51+,52?,53?,54?,55?,56?,57?,59?,60?,61+,62-,63+,64-,65-,66+,67?,68-,69+,70-,71?,72?,73?,74+,75+,76+,77-,78-,79?,80-,81-,82+,83+,84-,85-,86-/m0/s1. The minimum atomic E-state index is -2.34. The summed E-state index contributed by atoms with van der Waals surface area (Å²) in [4.78, 5) is 39.8. The van der Waals surface area contributed by atoms with Gasteiger partial charge in [0.15, 0.2) is 44.0 Å². The van der Waals surface area contributed by atoms with Gasteiger partial charge in [0, 0.05) is 20.3 Å². The van der Waals surface area contributed by atoms with Gasteiger partial charge in [-0.2, -0.15) is 0 Å². The lowest BCUT2D eigenvalue weighted by Gasteiger charge is -2.51. The number of amides is 3. The van der Waals surface area contributed by atoms with Crippen LogP contribution in [-0.4, -0.2) is 393 Å². The summed E-state index contributed by atoms with van der Waals surface area (Å²) in [6.07, 6.45) is -25.8. The number of rotatable bonds is 58. The SMILES string of the molecule is CCCCCCCCCCCCC/C=C/[C@@H](O)[C@H](CO[C@@H]1OC(CO)[C@@H](O[C@@H]2OC(CO)[C@H](O)[C@H](O[C@@H]3OC(CO)[C@@H](O)[C@H](O[C@@H]4OC(CO)[C@H](O)[C@H](O[C@@H]5OC(CO)[C@@H](O[C@@H]6OC(CO)[C@H](O)[C@H](O)C6O[C@H]6OC(C)[C@@H](O)C(O)[C@@H]6O)[C@H](O)C5NC(C)=O)C4O)C3NC(C)=O)C2O)[C@H](O)C1O)NC(=O)CCCCCCCCCCCCCCCCCCCCC. The van der Waals surface area contributed by atoms with Crippen LogP contribution in [0.15, 0.2) is 12.2 Å². The molecule has 37 atom stereocenters. The second-order valence-electron chi connectivity index (χ2n) is 34.9. The Morgan fingerprint density at radius 3 is 1.12 bits per heavy atom. The smallest absolute Gasteiger partial charge is 0.220 e. The number of ether oxygens (including phenoxy) is 14. The van der Waals surface area contributed by atoms with E-state index in [1.165, 1.54) is 142 Å². The third-order valence-corrected chi connectivity index (χ3v) is 24.8. The highest BCUT2D eigenvalue weighted by Gasteiger charge is 2.60. The topological polar surface area (TPSA) is 621 Å². The van der Waals surface area contributed by atoms with Crippen LogP contribution in [0.5, 0.6) is 0 Å². The molecule has 126 heavy (non-hydrogen) atoms. The largest absolute Gasteiger partial charge is 0.394 e. The Bertz CT molecular complexity index is 2990. The van der Waals surface area contributed by atoms with Gasteiger partial charge >= 0.3 is 0 Å². The molecular formula is C86H155N3O37. The molecule has 14 unspecified atom stereocenters. The number of carbonyl (C=O) groups excluding carboxylic acids is 3. The summed E-state index contributed by atoms with van der Waals surface area (Å²) in [6.45, 7) is 1.02. The molecule has 0 spiro atoms. The number of hydrogen-bond acceptors (Lipinski definition) is 37. The lowest BCUT2D eigenvalue weighted by molar-refractivity contribution is -0.392. The zero-order valence-electron chi connectivity index (χ0n) is 74.0. The lowest BCUT2D eigenvalue weighted by Crippen LogP contribution is -2.71. The molecule has 0 aromatic rings. The second kappa shape index (κ2) is 58.2. The van der Waals surface area contributed by atoms with Crippen molar-refractivity contribution in [1.29, 1.82) is 0 Å². The summed E-state index contributed by atoms with van der Waals surface area (Å²) in [7, 11) is 0. The molecule has 23 N–H and O–H groups in total. The van der Waals surface area contributed by atoms with E-state index in [-0.39, 0.29) is 12.3 Å². The van der Waals surface area contributed by atoms with E-state index in [1.54, 1.807) is 6.08 Å².